The van der Waals surface area contributed by atoms with Crippen LogP contribution >= 0.6 is 0 Å². The number of hydrogen-bond acceptors (Lipinski definition) is 6. The number of aliphatic carboxylic acids is 1. The molecule has 0 aliphatic carbocycles. The highest BCUT2D eigenvalue weighted by Gasteiger charge is 2.24. The molecule has 0 saturated heterocycles. The van der Waals surface area contributed by atoms with Crippen molar-refractivity contribution in [2.75, 3.05) is 27.8 Å². The monoisotopic (exact) mass is 909 g/mol. The number of nitrogens with two attached hydrogens (primary N) is 1. The van der Waals surface area contributed by atoms with E-state index in [1.807, 2.05) is 115 Å². The molecule has 0 bridgehead atoms. The smallest absolute Gasteiger partial charge is 0.322 e. The van der Waals surface area contributed by atoms with Crippen LogP contribution in [0.3, 0.4) is 0 Å². The number of carbonyl (C=O) groups is 5. The lowest BCUT2D eigenvalue weighted by molar-refractivity contribution is -0.135. The first-order valence-electron chi connectivity index (χ1n) is 22.5. The fourth-order valence-corrected chi connectivity index (χ4v) is 8.48. The minimum absolute atomic E-state index is 0.186. The highest BCUT2D eigenvalue weighted by Crippen LogP contribution is 2.29. The molecule has 4 amide bonds. The van der Waals surface area contributed by atoms with E-state index >= 15 is 0 Å². The predicted molar refractivity (Wildman–Crippen MR) is 272 cm³/mol. The lowest BCUT2D eigenvalue weighted by Gasteiger charge is -2.26. The van der Waals surface area contributed by atoms with E-state index in [1.165, 1.54) is 0 Å². The summed E-state index contributed by atoms with van der Waals surface area (Å²) >= 11 is 0. The van der Waals surface area contributed by atoms with Gasteiger partial charge in [-0.15, -0.1) is 0 Å². The van der Waals surface area contributed by atoms with Crippen LogP contribution < -0.4 is 25.8 Å². The lowest BCUT2D eigenvalue weighted by Crippen LogP contribution is -2.35. The molecule has 340 valence electrons. The number of amides is 4. The number of nitrogens with zero attached hydrogens (tertiary/aromatic N) is 3. The second-order valence-electron chi connectivity index (χ2n) is 16.7. The van der Waals surface area contributed by atoms with Crippen molar-refractivity contribution in [1.29, 1.82) is 0 Å². The van der Waals surface area contributed by atoms with Crippen LogP contribution in [-0.4, -0.2) is 47.8 Å². The normalized spacial score (nSPS) is 11.0. The van der Waals surface area contributed by atoms with Crippen LogP contribution in [-0.2, 0) is 29.2 Å². The zero-order chi connectivity index (χ0) is 47.9. The standard InChI is InChI=1S/C58H47N5O6/c59-34-54(64)61(36-39-13-16-42-7-1-4-10-48(42)31-39)51-27-21-46(22-28-51)57(68)63(38-41-15-18-44-9-3-6-12-50(44)33-41)53-29-23-47(24-30-53)58(69)62(37-40-14-17-43-8-2-5-11-49(43)32-40)52-25-19-45(20-26-52)56(67)60-35-55(65)66/h1-33H,34-38,59H2,(H,60,67)(H,65,66). The molecule has 0 heterocycles. The minimum Gasteiger partial charge on any atom is -0.480 e. The Kier molecular flexibility index (Phi) is 13.3. The Balaban J connectivity index is 1.02. The molecule has 9 aromatic carbocycles. The van der Waals surface area contributed by atoms with Gasteiger partial charge in [-0.3, -0.25) is 24.0 Å². The number of nitrogens with one attached hydrogen (secondary N) is 1. The van der Waals surface area contributed by atoms with E-state index in [2.05, 4.69) is 17.4 Å². The number of benzene rings is 9. The van der Waals surface area contributed by atoms with Crippen LogP contribution in [0.2, 0.25) is 0 Å². The average Bonchev–Trinajstić information content (AvgIpc) is 3.39. The Bertz CT molecular complexity index is 3370. The van der Waals surface area contributed by atoms with Gasteiger partial charge in [-0.1, -0.05) is 109 Å². The first-order chi connectivity index (χ1) is 33.6. The number of fused-ring (bicyclic) bond motifs is 3. The summed E-state index contributed by atoms with van der Waals surface area (Å²) in [7, 11) is 0. The second kappa shape index (κ2) is 20.3. The summed E-state index contributed by atoms with van der Waals surface area (Å²) in [6.07, 6.45) is 0. The van der Waals surface area contributed by atoms with Gasteiger partial charge in [0.25, 0.3) is 17.7 Å². The Labute approximate surface area is 398 Å². The number of carboxylic acid groups (broad SMARTS) is 1. The second-order valence-corrected chi connectivity index (χ2v) is 16.7. The number of rotatable bonds is 15. The van der Waals surface area contributed by atoms with E-state index in [4.69, 9.17) is 10.8 Å². The maximum Gasteiger partial charge on any atom is 0.322 e. The van der Waals surface area contributed by atoms with E-state index in [0.717, 1.165) is 49.0 Å². The molecule has 11 nitrogen and oxygen atoms in total. The summed E-state index contributed by atoms with van der Waals surface area (Å²) in [6.45, 7) is 0.0109. The summed E-state index contributed by atoms with van der Waals surface area (Å²) in [5.41, 5.74) is 11.3. The summed E-state index contributed by atoms with van der Waals surface area (Å²) in [5, 5.41) is 17.8. The van der Waals surface area contributed by atoms with Gasteiger partial charge in [0.15, 0.2) is 0 Å². The third-order valence-corrected chi connectivity index (χ3v) is 12.1. The molecule has 69 heavy (non-hydrogen) atoms. The number of hydrogen-bond donors (Lipinski definition) is 3. The van der Waals surface area contributed by atoms with Crippen molar-refractivity contribution in [3.8, 4) is 0 Å². The lowest BCUT2D eigenvalue weighted by atomic mass is 10.0. The van der Waals surface area contributed by atoms with Crippen molar-refractivity contribution < 1.29 is 29.1 Å². The summed E-state index contributed by atoms with van der Waals surface area (Å²) in [5.74, 6) is -2.58. The SMILES string of the molecule is NCC(=O)N(Cc1ccc2ccccc2c1)c1ccc(C(=O)N(Cc2ccc3ccccc3c2)c2ccc(C(=O)N(Cc3ccc4ccccc4c3)c3ccc(C(=O)NCC(=O)O)cc3)cc2)cc1. The summed E-state index contributed by atoms with van der Waals surface area (Å²) in [6, 6.07) is 62.5. The van der Waals surface area contributed by atoms with E-state index < -0.39 is 18.4 Å². The average molecular weight is 910 g/mol. The zero-order valence-electron chi connectivity index (χ0n) is 37.5. The third kappa shape index (κ3) is 10.4. The van der Waals surface area contributed by atoms with E-state index in [1.54, 1.807) is 87.5 Å². The van der Waals surface area contributed by atoms with Gasteiger partial charge in [0.2, 0.25) is 5.91 Å². The molecule has 0 aliphatic heterocycles. The molecule has 0 radical (unpaired) electrons. The number of carbonyl (C=O) groups excluding carboxylic acids is 4. The predicted octanol–water partition coefficient (Wildman–Crippen LogP) is 10.1. The van der Waals surface area contributed by atoms with Crippen LogP contribution in [0.15, 0.2) is 200 Å². The molecule has 9 aromatic rings. The topological polar surface area (TPSA) is 153 Å². The Morgan fingerprint density at radius 2 is 0.739 bits per heavy atom. The quantitative estimate of drug-likeness (QED) is 0.0926. The molecule has 0 aromatic heterocycles. The van der Waals surface area contributed by atoms with Gasteiger partial charge in [-0.25, -0.2) is 0 Å². The fraction of sp³-hybridized carbons (Fsp3) is 0.0862. The Morgan fingerprint density at radius 1 is 0.406 bits per heavy atom. The van der Waals surface area contributed by atoms with Crippen LogP contribution in [0.5, 0.6) is 0 Å². The van der Waals surface area contributed by atoms with Crippen LogP contribution in [0.25, 0.3) is 32.3 Å². The van der Waals surface area contributed by atoms with Gasteiger partial charge in [0, 0.05) is 33.8 Å². The molecular formula is C58H47N5O6. The molecular weight excluding hydrogens is 863 g/mol. The Hall–Kier alpha value is -8.93. The largest absolute Gasteiger partial charge is 0.480 e. The van der Waals surface area contributed by atoms with Gasteiger partial charge in [-0.05, 0) is 140 Å². The molecule has 0 spiro atoms. The van der Waals surface area contributed by atoms with E-state index in [0.29, 0.717) is 34.7 Å². The highest BCUT2D eigenvalue weighted by molar-refractivity contribution is 6.09. The first kappa shape index (κ1) is 45.2. The number of anilines is 3. The first-order valence-corrected chi connectivity index (χ1v) is 22.5. The van der Waals surface area contributed by atoms with Crippen LogP contribution in [0.4, 0.5) is 17.1 Å². The zero-order valence-corrected chi connectivity index (χ0v) is 37.5. The third-order valence-electron chi connectivity index (χ3n) is 12.1. The van der Waals surface area contributed by atoms with E-state index in [-0.39, 0.29) is 42.9 Å². The molecule has 0 unspecified atom stereocenters. The van der Waals surface area contributed by atoms with Gasteiger partial charge >= 0.3 is 5.97 Å². The maximum absolute atomic E-state index is 14.8. The van der Waals surface area contributed by atoms with Crippen molar-refractivity contribution >= 4 is 79.0 Å². The van der Waals surface area contributed by atoms with E-state index in [9.17, 15) is 24.0 Å². The summed E-state index contributed by atoms with van der Waals surface area (Å²) < 4.78 is 0. The Morgan fingerprint density at radius 3 is 1.10 bits per heavy atom. The number of carboxylic acids is 1. The van der Waals surface area contributed by atoms with Crippen LogP contribution in [0, 0.1) is 0 Å². The fourth-order valence-electron chi connectivity index (χ4n) is 8.48. The van der Waals surface area contributed by atoms with Gasteiger partial charge in [-0.2, -0.15) is 0 Å². The highest BCUT2D eigenvalue weighted by atomic mass is 16.4. The van der Waals surface area contributed by atoms with Crippen molar-refractivity contribution in [3.63, 3.8) is 0 Å². The van der Waals surface area contributed by atoms with Crippen LogP contribution in [0.1, 0.15) is 47.8 Å². The molecule has 0 aliphatic rings. The maximum atomic E-state index is 14.8. The van der Waals surface area contributed by atoms with Crippen molar-refractivity contribution in [1.82, 2.24) is 5.32 Å². The van der Waals surface area contributed by atoms with Crippen molar-refractivity contribution in [2.24, 2.45) is 5.73 Å². The molecule has 4 N–H and O–H groups in total. The van der Waals surface area contributed by atoms with Gasteiger partial charge < -0.3 is 30.9 Å². The van der Waals surface area contributed by atoms with Crippen molar-refractivity contribution in [2.45, 2.75) is 19.6 Å². The molecule has 9 rings (SSSR count). The van der Waals surface area contributed by atoms with Gasteiger partial charge in [0.1, 0.15) is 6.54 Å². The minimum atomic E-state index is -1.16. The molecule has 0 saturated carbocycles. The molecule has 11 heteroatoms. The molecule has 0 fully saturated rings. The summed E-state index contributed by atoms with van der Waals surface area (Å²) in [4.78, 5) is 71.3. The van der Waals surface area contributed by atoms with Gasteiger partial charge in [0.05, 0.1) is 26.2 Å². The van der Waals surface area contributed by atoms with Crippen molar-refractivity contribution in [3.05, 3.63) is 234 Å². The molecule has 0 atom stereocenters.